The van der Waals surface area contributed by atoms with Crippen LogP contribution in [0.15, 0.2) is 61.3 Å². The molecule has 0 spiro atoms. The van der Waals surface area contributed by atoms with Crippen molar-refractivity contribution in [1.82, 2.24) is 29.5 Å². The molecular formula is C29H24F5IrN8-5. The SMILES string of the molecule is CN1C=CN(c2[c-]c(N3C=CN(C)[CH-]3)ccc2)[CH-]1.Cc1c(C(F)(F)F)n[n-]c1-c1nc(-c2[c-]cc(F)cc2F)cn1C.[Ir]. The Morgan fingerprint density at radius 1 is 0.930 bits per heavy atom. The van der Waals surface area contributed by atoms with Crippen molar-refractivity contribution in [3.63, 3.8) is 0 Å². The molecule has 2 aliphatic heterocycles. The summed E-state index contributed by atoms with van der Waals surface area (Å²) in [7, 11) is 5.53. The molecule has 2 aliphatic rings. The molecule has 0 fully saturated rings. The monoisotopic (exact) mass is 772 g/mol. The molecule has 8 nitrogen and oxygen atoms in total. The summed E-state index contributed by atoms with van der Waals surface area (Å²) in [6.45, 7) is 5.27. The number of rotatable bonds is 4. The van der Waals surface area contributed by atoms with Crippen LogP contribution in [0.4, 0.5) is 33.3 Å². The van der Waals surface area contributed by atoms with Crippen LogP contribution < -0.4 is 14.9 Å². The van der Waals surface area contributed by atoms with Crippen molar-refractivity contribution in [3.8, 4) is 22.8 Å². The van der Waals surface area contributed by atoms with Crippen LogP contribution in [0, 0.1) is 44.0 Å². The summed E-state index contributed by atoms with van der Waals surface area (Å²) in [5.74, 6) is -1.58. The van der Waals surface area contributed by atoms with Crippen molar-refractivity contribution < 1.29 is 42.1 Å². The van der Waals surface area contributed by atoms with Crippen molar-refractivity contribution in [2.45, 2.75) is 13.1 Å². The fourth-order valence-corrected chi connectivity index (χ4v) is 4.22. The molecule has 4 heterocycles. The van der Waals surface area contributed by atoms with Crippen LogP contribution in [0.3, 0.4) is 0 Å². The molecule has 14 heteroatoms. The second-order valence-corrected chi connectivity index (χ2v) is 9.52. The average molecular weight is 772 g/mol. The van der Waals surface area contributed by atoms with E-state index in [-0.39, 0.29) is 48.4 Å². The van der Waals surface area contributed by atoms with Crippen molar-refractivity contribution in [2.24, 2.45) is 7.05 Å². The summed E-state index contributed by atoms with van der Waals surface area (Å²) in [5, 5.41) is 6.70. The van der Waals surface area contributed by atoms with Crippen LogP contribution in [0.1, 0.15) is 11.3 Å². The average Bonchev–Trinajstić information content (AvgIpc) is 3.72. The number of anilines is 2. The first-order valence-corrected chi connectivity index (χ1v) is 12.5. The summed E-state index contributed by atoms with van der Waals surface area (Å²) in [6, 6.07) is 13.6. The molecule has 6 rings (SSSR count). The van der Waals surface area contributed by atoms with E-state index in [1.165, 1.54) is 24.7 Å². The van der Waals surface area contributed by atoms with Crippen LogP contribution in [-0.2, 0) is 33.3 Å². The van der Waals surface area contributed by atoms with E-state index < -0.39 is 23.5 Å². The van der Waals surface area contributed by atoms with E-state index in [1.807, 2.05) is 90.0 Å². The number of nitrogens with zero attached hydrogens (tertiary/aromatic N) is 8. The molecule has 0 saturated carbocycles. The minimum Gasteiger partial charge on any atom is -0.572 e. The van der Waals surface area contributed by atoms with Crippen LogP contribution in [-0.4, -0.2) is 38.5 Å². The molecule has 0 aliphatic carbocycles. The fraction of sp³-hybridized carbons (Fsp3) is 0.172. The van der Waals surface area contributed by atoms with Gasteiger partial charge in [-0.05, 0) is 57.6 Å². The smallest absolute Gasteiger partial charge is 0.431 e. The zero-order chi connectivity index (χ0) is 30.2. The molecule has 1 radical (unpaired) electrons. The number of hydrogen-bond acceptors (Lipinski definition) is 6. The standard InChI is InChI=1S/C15H9F5N4.C14H15N4.Ir/c1-7-12(22-23-13(7)15(18,19)20)14-21-11(6-24(14)2)9-4-3-8(16)5-10(9)17;1-15-6-8-17(11-15)13-4-3-5-14(10-13)18-9-7-16(2)12-18;/h3,5-6H,1-2H3;3-9,11-12H,1-2H3;/q-2;-3;. The number of aryl methyl sites for hydroxylation is 1. The predicted octanol–water partition coefficient (Wildman–Crippen LogP) is 5.68. The van der Waals surface area contributed by atoms with E-state index in [0.29, 0.717) is 6.07 Å². The molecule has 0 bridgehead atoms. The van der Waals surface area contributed by atoms with Crippen LogP contribution in [0.2, 0.25) is 0 Å². The number of aromatic nitrogens is 4. The Bertz CT molecular complexity index is 1600. The molecule has 0 saturated heterocycles. The molecule has 229 valence electrons. The maximum absolute atomic E-state index is 13.8. The predicted molar refractivity (Wildman–Crippen MR) is 146 cm³/mol. The van der Waals surface area contributed by atoms with Gasteiger partial charge in [0.15, 0.2) is 0 Å². The second-order valence-electron chi connectivity index (χ2n) is 9.52. The first kappa shape index (κ1) is 31.8. The van der Waals surface area contributed by atoms with Gasteiger partial charge < -0.3 is 34.4 Å². The third kappa shape index (κ3) is 6.91. The van der Waals surface area contributed by atoms with E-state index in [2.05, 4.69) is 27.3 Å². The van der Waals surface area contributed by atoms with Gasteiger partial charge in [-0.3, -0.25) is 13.8 Å². The minimum absolute atomic E-state index is 0. The summed E-state index contributed by atoms with van der Waals surface area (Å²) in [6.07, 6.45) is 4.83. The van der Waals surface area contributed by atoms with Gasteiger partial charge >= 0.3 is 6.18 Å². The topological polar surface area (TPSA) is 57.8 Å². The minimum atomic E-state index is -4.62. The van der Waals surface area contributed by atoms with Crippen LogP contribution in [0.25, 0.3) is 22.8 Å². The summed E-state index contributed by atoms with van der Waals surface area (Å²) >= 11 is 0. The van der Waals surface area contributed by atoms with E-state index >= 15 is 0 Å². The molecule has 0 amide bonds. The maximum Gasteiger partial charge on any atom is 0.431 e. The maximum atomic E-state index is 13.8. The van der Waals surface area contributed by atoms with E-state index in [4.69, 9.17) is 0 Å². The number of hydrogen-bond donors (Lipinski definition) is 0. The number of halogens is 5. The number of alkyl halides is 3. The van der Waals surface area contributed by atoms with Gasteiger partial charge in [-0.1, -0.05) is 17.3 Å². The van der Waals surface area contributed by atoms with E-state index in [9.17, 15) is 22.0 Å². The molecule has 4 aromatic rings. The van der Waals surface area contributed by atoms with Gasteiger partial charge in [0, 0.05) is 44.5 Å². The van der Waals surface area contributed by atoms with Gasteiger partial charge in [-0.2, -0.15) is 32.6 Å². The molecule has 0 unspecified atom stereocenters. The molecule has 0 N–H and O–H groups in total. The van der Waals surface area contributed by atoms with Gasteiger partial charge in [0.1, 0.15) is 11.5 Å². The Morgan fingerprint density at radius 2 is 1.53 bits per heavy atom. The molecule has 2 aromatic heterocycles. The van der Waals surface area contributed by atoms with Gasteiger partial charge in [-0.15, -0.1) is 41.7 Å². The van der Waals surface area contributed by atoms with Crippen LogP contribution >= 0.6 is 0 Å². The Labute approximate surface area is 259 Å². The van der Waals surface area contributed by atoms with Crippen molar-refractivity contribution in [3.05, 3.63) is 110 Å². The fourth-order valence-electron chi connectivity index (χ4n) is 4.22. The zero-order valence-corrected chi connectivity index (χ0v) is 25.6. The first-order valence-electron chi connectivity index (χ1n) is 12.5. The largest absolute Gasteiger partial charge is 0.572 e. The Morgan fingerprint density at radius 3 is 2.02 bits per heavy atom. The van der Waals surface area contributed by atoms with Gasteiger partial charge in [0.25, 0.3) is 0 Å². The van der Waals surface area contributed by atoms with E-state index in [1.54, 1.807) is 0 Å². The first-order chi connectivity index (χ1) is 19.9. The quantitative estimate of drug-likeness (QED) is 0.196. The van der Waals surface area contributed by atoms with Gasteiger partial charge in [0.2, 0.25) is 0 Å². The Hall–Kier alpha value is -4.16. The molecule has 0 atom stereocenters. The molecule has 43 heavy (non-hydrogen) atoms. The van der Waals surface area contributed by atoms with E-state index in [0.717, 1.165) is 17.4 Å². The summed E-state index contributed by atoms with van der Waals surface area (Å²) in [5.41, 5.74) is 0.743. The van der Waals surface area contributed by atoms with Crippen molar-refractivity contribution in [2.75, 3.05) is 23.9 Å². The zero-order valence-electron chi connectivity index (χ0n) is 23.2. The molecule has 2 aromatic carbocycles. The third-order valence-corrected chi connectivity index (χ3v) is 6.29. The van der Waals surface area contributed by atoms with Gasteiger partial charge in [-0.25, -0.2) is 0 Å². The number of benzene rings is 2. The summed E-state index contributed by atoms with van der Waals surface area (Å²) in [4.78, 5) is 12.2. The normalized spacial score (nSPS) is 14.3. The Balaban J connectivity index is 0.000000199. The number of imidazole rings is 1. The van der Waals surface area contributed by atoms with Crippen molar-refractivity contribution >= 4 is 11.4 Å². The third-order valence-electron chi connectivity index (χ3n) is 6.29. The second kappa shape index (κ2) is 12.6. The van der Waals surface area contributed by atoms with Crippen LogP contribution in [0.5, 0.6) is 0 Å². The molecular weight excluding hydrogens is 748 g/mol. The Kier molecular flexibility index (Phi) is 9.31. The summed E-state index contributed by atoms with van der Waals surface area (Å²) < 4.78 is 66.6. The van der Waals surface area contributed by atoms with Crippen molar-refractivity contribution in [1.29, 1.82) is 0 Å². The van der Waals surface area contributed by atoms with Gasteiger partial charge in [0.05, 0.1) is 0 Å².